The molecule has 0 radical (unpaired) electrons. The van der Waals surface area contributed by atoms with Crippen molar-refractivity contribution < 1.29 is 43.0 Å². The van der Waals surface area contributed by atoms with E-state index in [9.17, 15) is 19.2 Å². The van der Waals surface area contributed by atoms with Crippen LogP contribution in [0.2, 0.25) is 0 Å². The Kier molecular flexibility index (Phi) is 7.42. The number of ether oxygens (including phenoxy) is 4. The first-order chi connectivity index (χ1) is 13.1. The first-order valence-electron chi connectivity index (χ1n) is 8.69. The van der Waals surface area contributed by atoms with Gasteiger partial charge in [0.05, 0.1) is 0 Å². The van der Waals surface area contributed by atoms with Gasteiger partial charge in [-0.15, -0.1) is 0 Å². The molecule has 2 amide bonds. The van der Waals surface area contributed by atoms with E-state index in [4.69, 9.17) is 14.3 Å². The average Bonchev–Trinajstić information content (AvgIpc) is 2.51. The standard InChI is InChI=1S/C17H27N3O9/c1-15(2,3)27-12(22)18-11(19-13(23)28-16(4,5)6)20-29-10(21)17(7)8-25-14(24)26-9-17/h8-9H2,1-7H3,(H2,18,19,20,22,23). The molecule has 29 heavy (non-hydrogen) atoms. The molecule has 1 rings (SSSR count). The molecule has 1 aliphatic rings. The number of alkyl carbamates (subject to hydrolysis) is 2. The number of hydrogen-bond donors (Lipinski definition) is 2. The zero-order valence-corrected chi connectivity index (χ0v) is 17.5. The number of amides is 2. The summed E-state index contributed by atoms with van der Waals surface area (Å²) >= 11 is 0. The monoisotopic (exact) mass is 417 g/mol. The SMILES string of the molecule is CC(C)(C)OC(=O)NC(=NOC(=O)C1(C)COC(=O)OC1)NC(=O)OC(C)(C)C. The first kappa shape index (κ1) is 24.0. The molecule has 2 N–H and O–H groups in total. The lowest BCUT2D eigenvalue weighted by atomic mass is 9.93. The van der Waals surface area contributed by atoms with Crippen molar-refractivity contribution in [2.45, 2.75) is 59.7 Å². The van der Waals surface area contributed by atoms with Gasteiger partial charge in [0.25, 0.3) is 5.96 Å². The number of carbonyl (C=O) groups is 4. The van der Waals surface area contributed by atoms with E-state index >= 15 is 0 Å². The van der Waals surface area contributed by atoms with Crippen molar-refractivity contribution in [2.75, 3.05) is 13.2 Å². The number of oxime groups is 1. The fraction of sp³-hybridized carbons (Fsp3) is 0.706. The number of hydrogen-bond acceptors (Lipinski definition) is 10. The number of nitrogens with zero attached hydrogens (tertiary/aromatic N) is 1. The zero-order valence-electron chi connectivity index (χ0n) is 17.5. The van der Waals surface area contributed by atoms with Crippen LogP contribution in [0, 0.1) is 5.41 Å². The van der Waals surface area contributed by atoms with Gasteiger partial charge in [0.15, 0.2) is 0 Å². The van der Waals surface area contributed by atoms with Crippen LogP contribution in [0.5, 0.6) is 0 Å². The van der Waals surface area contributed by atoms with E-state index < -0.39 is 46.9 Å². The predicted octanol–water partition coefficient (Wildman–Crippen LogP) is 2.02. The van der Waals surface area contributed by atoms with Crippen molar-refractivity contribution in [3.63, 3.8) is 0 Å². The molecule has 12 nitrogen and oxygen atoms in total. The zero-order chi connectivity index (χ0) is 22.5. The first-order valence-corrected chi connectivity index (χ1v) is 8.69. The molecule has 1 heterocycles. The molecule has 0 aliphatic carbocycles. The molecule has 1 aliphatic heterocycles. The van der Waals surface area contributed by atoms with Crippen LogP contribution >= 0.6 is 0 Å². The summed E-state index contributed by atoms with van der Waals surface area (Å²) in [5.74, 6) is -1.46. The maximum Gasteiger partial charge on any atom is 0.508 e. The smallest absolute Gasteiger partial charge is 0.444 e. The van der Waals surface area contributed by atoms with E-state index in [1.807, 2.05) is 0 Å². The summed E-state index contributed by atoms with van der Waals surface area (Å²) in [6, 6.07) is 0. The molecule has 12 heteroatoms. The molecular formula is C17H27N3O9. The summed E-state index contributed by atoms with van der Waals surface area (Å²) in [5.41, 5.74) is -2.97. The summed E-state index contributed by atoms with van der Waals surface area (Å²) in [4.78, 5) is 51.9. The molecule has 164 valence electrons. The molecule has 0 spiro atoms. The summed E-state index contributed by atoms with van der Waals surface area (Å²) in [6.45, 7) is 10.7. The Morgan fingerprint density at radius 2 is 1.34 bits per heavy atom. The van der Waals surface area contributed by atoms with Crippen molar-refractivity contribution in [3.05, 3.63) is 0 Å². The quantitative estimate of drug-likeness (QED) is 0.172. The maximum atomic E-state index is 12.3. The molecule has 0 atom stereocenters. The number of rotatable bonds is 2. The molecular weight excluding hydrogens is 390 g/mol. The van der Waals surface area contributed by atoms with E-state index in [-0.39, 0.29) is 13.2 Å². The van der Waals surface area contributed by atoms with Gasteiger partial charge in [-0.3, -0.25) is 10.6 Å². The van der Waals surface area contributed by atoms with Crippen LogP contribution in [0.4, 0.5) is 14.4 Å². The Morgan fingerprint density at radius 1 is 0.931 bits per heavy atom. The van der Waals surface area contributed by atoms with E-state index in [2.05, 4.69) is 25.3 Å². The minimum atomic E-state index is -1.32. The normalized spacial score (nSPS) is 15.8. The van der Waals surface area contributed by atoms with Gasteiger partial charge in [-0.1, -0.05) is 0 Å². The highest BCUT2D eigenvalue weighted by Crippen LogP contribution is 2.24. The highest BCUT2D eigenvalue weighted by molar-refractivity contribution is 6.01. The molecule has 1 saturated heterocycles. The van der Waals surface area contributed by atoms with Crippen molar-refractivity contribution >= 4 is 30.3 Å². The van der Waals surface area contributed by atoms with Crippen molar-refractivity contribution in [2.24, 2.45) is 10.6 Å². The number of cyclic esters (lactones) is 2. The number of guanidine groups is 1. The predicted molar refractivity (Wildman–Crippen MR) is 97.7 cm³/mol. The Bertz CT molecular complexity index is 647. The Hall–Kier alpha value is -3.05. The van der Waals surface area contributed by atoms with Crippen LogP contribution in [0.25, 0.3) is 0 Å². The lowest BCUT2D eigenvalue weighted by molar-refractivity contribution is -0.166. The van der Waals surface area contributed by atoms with Gasteiger partial charge in [0.2, 0.25) is 0 Å². The lowest BCUT2D eigenvalue weighted by Crippen LogP contribution is -2.48. The van der Waals surface area contributed by atoms with E-state index in [0.29, 0.717) is 0 Å². The second-order valence-electron chi connectivity index (χ2n) is 8.46. The van der Waals surface area contributed by atoms with Crippen LogP contribution in [0.15, 0.2) is 5.16 Å². The van der Waals surface area contributed by atoms with Gasteiger partial charge >= 0.3 is 24.3 Å². The van der Waals surface area contributed by atoms with Crippen LogP contribution in [-0.2, 0) is 28.6 Å². The van der Waals surface area contributed by atoms with Gasteiger partial charge in [0, 0.05) is 0 Å². The summed E-state index contributed by atoms with van der Waals surface area (Å²) in [6.07, 6.45) is -2.81. The largest absolute Gasteiger partial charge is 0.508 e. The van der Waals surface area contributed by atoms with E-state index in [1.165, 1.54) is 6.92 Å². The van der Waals surface area contributed by atoms with Crippen LogP contribution in [-0.4, -0.2) is 54.7 Å². The third kappa shape index (κ3) is 9.12. The Morgan fingerprint density at radius 3 is 1.72 bits per heavy atom. The van der Waals surface area contributed by atoms with Crippen LogP contribution in [0.3, 0.4) is 0 Å². The number of nitrogens with one attached hydrogen (secondary N) is 2. The maximum absolute atomic E-state index is 12.3. The average molecular weight is 417 g/mol. The van der Waals surface area contributed by atoms with Crippen LogP contribution in [0.1, 0.15) is 48.5 Å². The molecule has 1 fully saturated rings. The highest BCUT2D eigenvalue weighted by Gasteiger charge is 2.42. The molecule has 0 aromatic heterocycles. The van der Waals surface area contributed by atoms with Gasteiger partial charge in [-0.25, -0.2) is 19.2 Å². The Labute approximate surface area is 168 Å². The summed E-state index contributed by atoms with van der Waals surface area (Å²) < 4.78 is 19.5. The third-order valence-corrected chi connectivity index (χ3v) is 2.97. The molecule has 0 aromatic rings. The summed E-state index contributed by atoms with van der Waals surface area (Å²) in [7, 11) is 0. The van der Waals surface area contributed by atoms with Gasteiger partial charge in [-0.2, -0.15) is 0 Å². The van der Waals surface area contributed by atoms with Gasteiger partial charge in [0.1, 0.15) is 29.8 Å². The van der Waals surface area contributed by atoms with E-state index in [1.54, 1.807) is 41.5 Å². The van der Waals surface area contributed by atoms with Crippen LogP contribution < -0.4 is 10.6 Å². The third-order valence-electron chi connectivity index (χ3n) is 2.97. The van der Waals surface area contributed by atoms with E-state index in [0.717, 1.165) is 0 Å². The topological polar surface area (TPSA) is 151 Å². The van der Waals surface area contributed by atoms with Gasteiger partial charge in [-0.05, 0) is 53.6 Å². The fourth-order valence-corrected chi connectivity index (χ4v) is 1.71. The van der Waals surface area contributed by atoms with Crippen molar-refractivity contribution in [3.8, 4) is 0 Å². The molecule has 0 aromatic carbocycles. The molecule has 0 unspecified atom stereocenters. The minimum Gasteiger partial charge on any atom is -0.444 e. The second-order valence-corrected chi connectivity index (χ2v) is 8.46. The highest BCUT2D eigenvalue weighted by atomic mass is 16.7. The number of carbonyl (C=O) groups excluding carboxylic acids is 4. The van der Waals surface area contributed by atoms with Crippen molar-refractivity contribution in [1.82, 2.24) is 10.6 Å². The Balaban J connectivity index is 2.87. The van der Waals surface area contributed by atoms with Gasteiger partial charge < -0.3 is 23.8 Å². The van der Waals surface area contributed by atoms with Crippen molar-refractivity contribution in [1.29, 1.82) is 0 Å². The molecule has 0 saturated carbocycles. The second kappa shape index (κ2) is 8.97. The lowest BCUT2D eigenvalue weighted by Gasteiger charge is -2.28. The fourth-order valence-electron chi connectivity index (χ4n) is 1.71. The molecule has 0 bridgehead atoms. The summed E-state index contributed by atoms with van der Waals surface area (Å²) in [5, 5.41) is 7.75. The minimum absolute atomic E-state index is 0.283.